The molecular formula is C22H13BrN8. The van der Waals surface area contributed by atoms with Crippen molar-refractivity contribution in [3.05, 3.63) is 82.7 Å². The lowest BCUT2D eigenvalue weighted by Crippen LogP contribution is -2.04. The number of aromatic nitrogens is 7. The molecule has 0 radical (unpaired) electrons. The van der Waals surface area contributed by atoms with E-state index in [0.29, 0.717) is 34.9 Å². The maximum absolute atomic E-state index is 9.15. The summed E-state index contributed by atoms with van der Waals surface area (Å²) in [6.45, 7) is 0.469. The lowest BCUT2D eigenvalue weighted by molar-refractivity contribution is 0.664. The lowest BCUT2D eigenvalue weighted by atomic mass is 10.1. The molecule has 31 heavy (non-hydrogen) atoms. The van der Waals surface area contributed by atoms with Crippen molar-refractivity contribution in [2.75, 3.05) is 0 Å². The van der Waals surface area contributed by atoms with Crippen LogP contribution in [0.1, 0.15) is 11.1 Å². The van der Waals surface area contributed by atoms with Gasteiger partial charge in [-0.15, -0.1) is 5.10 Å². The predicted octanol–water partition coefficient (Wildman–Crippen LogP) is 4.03. The number of hydrogen-bond acceptors (Lipinski definition) is 7. The molecule has 0 unspecified atom stereocenters. The van der Waals surface area contributed by atoms with E-state index in [-0.39, 0.29) is 0 Å². The number of halogens is 1. The number of fused-ring (bicyclic) bond motifs is 1. The highest BCUT2D eigenvalue weighted by Gasteiger charge is 2.11. The standard InChI is InChI=1S/C22H13BrN8/c23-18-10-25-20(26-11-18)17-6-2-4-15(8-17)13-31-22-21(29-30-31)27-12-19(28-22)16-5-1-3-14(7-16)9-24/h1-8,10-12H,13H2. The first-order valence-corrected chi connectivity index (χ1v) is 10.1. The molecule has 0 saturated carbocycles. The fourth-order valence-electron chi connectivity index (χ4n) is 3.19. The van der Waals surface area contributed by atoms with E-state index in [9.17, 15) is 0 Å². The molecule has 5 rings (SSSR count). The van der Waals surface area contributed by atoms with Crippen LogP contribution < -0.4 is 0 Å². The summed E-state index contributed by atoms with van der Waals surface area (Å²) >= 11 is 3.35. The summed E-state index contributed by atoms with van der Waals surface area (Å²) in [7, 11) is 0. The molecule has 0 saturated heterocycles. The van der Waals surface area contributed by atoms with Crippen molar-refractivity contribution in [2.24, 2.45) is 0 Å². The Kier molecular flexibility index (Phi) is 4.90. The molecule has 0 bridgehead atoms. The summed E-state index contributed by atoms with van der Waals surface area (Å²) in [5.74, 6) is 0.646. The van der Waals surface area contributed by atoms with Gasteiger partial charge in [0.2, 0.25) is 5.65 Å². The number of benzene rings is 2. The predicted molar refractivity (Wildman–Crippen MR) is 118 cm³/mol. The first kappa shape index (κ1) is 19.0. The van der Waals surface area contributed by atoms with Gasteiger partial charge >= 0.3 is 0 Å². The first-order valence-electron chi connectivity index (χ1n) is 9.33. The zero-order valence-corrected chi connectivity index (χ0v) is 17.6. The Bertz CT molecular complexity index is 1440. The fourth-order valence-corrected chi connectivity index (χ4v) is 3.40. The van der Waals surface area contributed by atoms with Crippen LogP contribution >= 0.6 is 15.9 Å². The smallest absolute Gasteiger partial charge is 0.221 e. The second kappa shape index (κ2) is 8.01. The third-order valence-electron chi connectivity index (χ3n) is 4.65. The van der Waals surface area contributed by atoms with Crippen LogP contribution in [0, 0.1) is 11.3 Å². The first-order chi connectivity index (χ1) is 15.2. The summed E-state index contributed by atoms with van der Waals surface area (Å²) in [6, 6.07) is 17.3. The van der Waals surface area contributed by atoms with E-state index in [1.165, 1.54) is 0 Å². The van der Waals surface area contributed by atoms with E-state index in [2.05, 4.69) is 47.3 Å². The van der Waals surface area contributed by atoms with Crippen LogP contribution in [-0.2, 0) is 6.54 Å². The molecule has 0 aliphatic carbocycles. The SMILES string of the molecule is N#Cc1cccc(-c2cnc3nnn(Cc4cccc(-c5ncc(Br)cn5)c4)c3n2)c1. The van der Waals surface area contributed by atoms with Crippen molar-refractivity contribution in [3.8, 4) is 28.7 Å². The highest BCUT2D eigenvalue weighted by molar-refractivity contribution is 9.10. The van der Waals surface area contributed by atoms with Gasteiger partial charge in [0.15, 0.2) is 11.5 Å². The van der Waals surface area contributed by atoms with Crippen molar-refractivity contribution < 1.29 is 0 Å². The summed E-state index contributed by atoms with van der Waals surface area (Å²) in [5.41, 5.74) is 5.00. The Hall–Kier alpha value is -4.03. The normalized spacial score (nSPS) is 10.8. The van der Waals surface area contributed by atoms with Crippen LogP contribution in [0.5, 0.6) is 0 Å². The van der Waals surface area contributed by atoms with Gasteiger partial charge < -0.3 is 0 Å². The van der Waals surface area contributed by atoms with Gasteiger partial charge in [-0.2, -0.15) is 5.26 Å². The van der Waals surface area contributed by atoms with E-state index >= 15 is 0 Å². The monoisotopic (exact) mass is 468 g/mol. The van der Waals surface area contributed by atoms with Crippen molar-refractivity contribution in [1.82, 2.24) is 34.9 Å². The maximum Gasteiger partial charge on any atom is 0.221 e. The van der Waals surface area contributed by atoms with Gasteiger partial charge in [0.25, 0.3) is 0 Å². The molecule has 8 nitrogen and oxygen atoms in total. The average molecular weight is 469 g/mol. The largest absolute Gasteiger partial charge is 0.235 e. The average Bonchev–Trinajstić information content (AvgIpc) is 3.21. The minimum absolute atomic E-state index is 0.465. The molecule has 3 heterocycles. The number of hydrogen-bond donors (Lipinski definition) is 0. The number of rotatable bonds is 4. The van der Waals surface area contributed by atoms with E-state index < -0.39 is 0 Å². The van der Waals surface area contributed by atoms with E-state index in [1.807, 2.05) is 36.4 Å². The topological polar surface area (TPSA) is 106 Å². The van der Waals surface area contributed by atoms with E-state index in [4.69, 9.17) is 10.2 Å². The molecule has 5 aromatic rings. The molecule has 0 aliphatic rings. The number of nitriles is 1. The Morgan fingerprint density at radius 1 is 0.935 bits per heavy atom. The molecule has 3 aromatic heterocycles. The third kappa shape index (κ3) is 3.89. The van der Waals surface area contributed by atoms with Crippen LogP contribution in [0.4, 0.5) is 0 Å². The van der Waals surface area contributed by atoms with Crippen molar-refractivity contribution in [3.63, 3.8) is 0 Å². The summed E-state index contributed by atoms with van der Waals surface area (Å²) in [5, 5.41) is 17.5. The van der Waals surface area contributed by atoms with Gasteiger partial charge in [-0.05, 0) is 39.7 Å². The maximum atomic E-state index is 9.15. The molecule has 0 fully saturated rings. The lowest BCUT2D eigenvalue weighted by Gasteiger charge is -2.06. The highest BCUT2D eigenvalue weighted by Crippen LogP contribution is 2.21. The molecule has 0 aliphatic heterocycles. The minimum Gasteiger partial charge on any atom is -0.235 e. The van der Waals surface area contributed by atoms with Gasteiger partial charge in [0.1, 0.15) is 0 Å². The fraction of sp³-hybridized carbons (Fsp3) is 0.0455. The molecule has 0 atom stereocenters. The summed E-state index contributed by atoms with van der Waals surface area (Å²) in [6.07, 6.45) is 5.08. The van der Waals surface area contributed by atoms with Crippen LogP contribution in [0.15, 0.2) is 71.6 Å². The molecule has 0 N–H and O–H groups in total. The number of nitrogens with zero attached hydrogens (tertiary/aromatic N) is 8. The zero-order chi connectivity index (χ0) is 21.2. The Labute approximate surface area is 185 Å². The molecule has 9 heteroatoms. The molecule has 148 valence electrons. The minimum atomic E-state index is 0.465. The van der Waals surface area contributed by atoms with Crippen molar-refractivity contribution in [2.45, 2.75) is 6.54 Å². The van der Waals surface area contributed by atoms with Crippen LogP contribution in [0.3, 0.4) is 0 Å². The Morgan fingerprint density at radius 3 is 2.58 bits per heavy atom. The molecule has 0 spiro atoms. The second-order valence-corrected chi connectivity index (χ2v) is 7.68. The van der Waals surface area contributed by atoms with E-state index in [1.54, 1.807) is 35.4 Å². The van der Waals surface area contributed by atoms with Crippen LogP contribution in [0.2, 0.25) is 0 Å². The van der Waals surface area contributed by atoms with Gasteiger partial charge in [0.05, 0.1) is 34.5 Å². The molecule has 2 aromatic carbocycles. The summed E-state index contributed by atoms with van der Waals surface area (Å²) in [4.78, 5) is 17.8. The van der Waals surface area contributed by atoms with Gasteiger partial charge in [-0.3, -0.25) is 0 Å². The molecular weight excluding hydrogens is 456 g/mol. The van der Waals surface area contributed by atoms with Crippen molar-refractivity contribution in [1.29, 1.82) is 5.26 Å². The highest BCUT2D eigenvalue weighted by atomic mass is 79.9. The van der Waals surface area contributed by atoms with Gasteiger partial charge in [-0.25, -0.2) is 24.6 Å². The van der Waals surface area contributed by atoms with Gasteiger partial charge in [-0.1, -0.05) is 35.5 Å². The Morgan fingerprint density at radius 2 is 1.74 bits per heavy atom. The second-order valence-electron chi connectivity index (χ2n) is 6.77. The quantitative estimate of drug-likeness (QED) is 0.391. The van der Waals surface area contributed by atoms with Crippen LogP contribution in [-0.4, -0.2) is 34.9 Å². The Balaban J connectivity index is 1.49. The molecule has 0 amide bonds. The van der Waals surface area contributed by atoms with E-state index in [0.717, 1.165) is 21.2 Å². The third-order valence-corrected chi connectivity index (χ3v) is 5.06. The summed E-state index contributed by atoms with van der Waals surface area (Å²) < 4.78 is 2.54. The van der Waals surface area contributed by atoms with Crippen LogP contribution in [0.25, 0.3) is 33.9 Å². The zero-order valence-electron chi connectivity index (χ0n) is 16.0. The van der Waals surface area contributed by atoms with Gasteiger partial charge in [0, 0.05) is 23.5 Å². The van der Waals surface area contributed by atoms with Crippen molar-refractivity contribution >= 4 is 27.2 Å².